The number of anilines is 1. The van der Waals surface area contributed by atoms with Crippen LogP contribution in [0.3, 0.4) is 0 Å². The number of amides is 1. The fraction of sp³-hybridized carbons (Fsp3) is 0.368. The standard InChI is InChI=1S/C19H22N2OS3/c1-19(2,3)17(22)21(11-10-13-7-6-12-24-13)18-20-16-14(23-4)8-5-9-15(16)25-18/h5-9,12H,10-11H2,1-4H3. The molecule has 0 aliphatic rings. The van der Waals surface area contributed by atoms with Crippen molar-refractivity contribution in [2.75, 3.05) is 17.7 Å². The molecule has 2 heterocycles. The second kappa shape index (κ2) is 7.48. The molecular weight excluding hydrogens is 368 g/mol. The van der Waals surface area contributed by atoms with Crippen molar-refractivity contribution in [1.29, 1.82) is 0 Å². The van der Waals surface area contributed by atoms with Crippen LogP contribution in [0.25, 0.3) is 10.2 Å². The van der Waals surface area contributed by atoms with E-state index in [1.807, 2.05) is 25.7 Å². The molecule has 0 atom stereocenters. The Morgan fingerprint density at radius 3 is 2.68 bits per heavy atom. The van der Waals surface area contributed by atoms with Crippen LogP contribution < -0.4 is 4.90 Å². The van der Waals surface area contributed by atoms with Crippen LogP contribution in [-0.4, -0.2) is 23.7 Å². The summed E-state index contributed by atoms with van der Waals surface area (Å²) < 4.78 is 1.13. The summed E-state index contributed by atoms with van der Waals surface area (Å²) in [4.78, 5) is 22.2. The van der Waals surface area contributed by atoms with Crippen molar-refractivity contribution >= 4 is 55.7 Å². The zero-order chi connectivity index (χ0) is 18.0. The van der Waals surface area contributed by atoms with E-state index in [2.05, 4.69) is 42.0 Å². The average molecular weight is 391 g/mol. The van der Waals surface area contributed by atoms with Gasteiger partial charge in [0, 0.05) is 21.7 Å². The molecule has 0 unspecified atom stereocenters. The minimum absolute atomic E-state index is 0.119. The number of thiazole rings is 1. The molecule has 0 bridgehead atoms. The molecule has 1 amide bonds. The molecule has 3 nitrogen and oxygen atoms in total. The van der Waals surface area contributed by atoms with Gasteiger partial charge in [0.25, 0.3) is 0 Å². The largest absolute Gasteiger partial charge is 0.287 e. The predicted octanol–water partition coefficient (Wildman–Crippen LogP) is 5.70. The van der Waals surface area contributed by atoms with Crippen LogP contribution in [-0.2, 0) is 11.2 Å². The Hall–Kier alpha value is -1.37. The minimum atomic E-state index is -0.435. The van der Waals surface area contributed by atoms with Crippen LogP contribution in [0.15, 0.2) is 40.6 Å². The Labute approximate surface area is 161 Å². The van der Waals surface area contributed by atoms with E-state index < -0.39 is 5.41 Å². The van der Waals surface area contributed by atoms with E-state index in [0.717, 1.165) is 26.7 Å². The highest BCUT2D eigenvalue weighted by atomic mass is 32.2. The Bertz CT molecular complexity index is 863. The van der Waals surface area contributed by atoms with Gasteiger partial charge in [0.15, 0.2) is 5.13 Å². The molecule has 0 aliphatic heterocycles. The van der Waals surface area contributed by atoms with Crippen molar-refractivity contribution in [2.24, 2.45) is 5.41 Å². The molecule has 2 aromatic heterocycles. The van der Waals surface area contributed by atoms with Crippen molar-refractivity contribution in [3.05, 3.63) is 40.6 Å². The predicted molar refractivity (Wildman–Crippen MR) is 111 cm³/mol. The molecule has 0 fully saturated rings. The third-order valence-electron chi connectivity index (χ3n) is 3.87. The number of thiophene rings is 1. The van der Waals surface area contributed by atoms with Gasteiger partial charge in [-0.15, -0.1) is 23.1 Å². The van der Waals surface area contributed by atoms with Crippen molar-refractivity contribution in [1.82, 2.24) is 4.98 Å². The molecular formula is C19H22N2OS3. The fourth-order valence-electron chi connectivity index (χ4n) is 2.56. The number of rotatable bonds is 5. The summed E-state index contributed by atoms with van der Waals surface area (Å²) in [5.41, 5.74) is 0.563. The van der Waals surface area contributed by atoms with E-state index in [1.165, 1.54) is 4.88 Å². The number of aromatic nitrogens is 1. The van der Waals surface area contributed by atoms with Gasteiger partial charge in [-0.2, -0.15) is 0 Å². The molecule has 0 spiro atoms. The van der Waals surface area contributed by atoms with E-state index in [-0.39, 0.29) is 5.91 Å². The molecule has 0 aliphatic carbocycles. The first kappa shape index (κ1) is 18.4. The monoisotopic (exact) mass is 390 g/mol. The number of carbonyl (C=O) groups excluding carboxylic acids is 1. The summed E-state index contributed by atoms with van der Waals surface area (Å²) in [5, 5.41) is 2.88. The lowest BCUT2D eigenvalue weighted by Gasteiger charge is -2.27. The van der Waals surface area contributed by atoms with E-state index in [9.17, 15) is 4.79 Å². The SMILES string of the molecule is CSc1cccc2sc(N(CCc3cccs3)C(=O)C(C)(C)C)nc12. The zero-order valence-electron chi connectivity index (χ0n) is 14.9. The molecule has 1 aromatic carbocycles. The Kier molecular flexibility index (Phi) is 5.51. The lowest BCUT2D eigenvalue weighted by Crippen LogP contribution is -2.40. The Balaban J connectivity index is 1.97. The summed E-state index contributed by atoms with van der Waals surface area (Å²) >= 11 is 5.02. The first-order valence-corrected chi connectivity index (χ1v) is 11.1. The zero-order valence-corrected chi connectivity index (χ0v) is 17.4. The lowest BCUT2D eigenvalue weighted by atomic mass is 9.95. The summed E-state index contributed by atoms with van der Waals surface area (Å²) in [6.07, 6.45) is 2.91. The van der Waals surface area contributed by atoms with Crippen molar-refractivity contribution in [3.63, 3.8) is 0 Å². The van der Waals surface area contributed by atoms with Gasteiger partial charge in [-0.05, 0) is 36.3 Å². The van der Waals surface area contributed by atoms with Crippen molar-refractivity contribution < 1.29 is 4.79 Å². The van der Waals surface area contributed by atoms with Crippen LogP contribution in [0.5, 0.6) is 0 Å². The number of nitrogens with zero attached hydrogens (tertiary/aromatic N) is 2. The number of thioether (sulfide) groups is 1. The molecule has 0 saturated heterocycles. The van der Waals surface area contributed by atoms with Crippen LogP contribution >= 0.6 is 34.4 Å². The minimum Gasteiger partial charge on any atom is -0.287 e. The molecule has 0 saturated carbocycles. The summed E-state index contributed by atoms with van der Waals surface area (Å²) in [7, 11) is 0. The van der Waals surface area contributed by atoms with Crippen LogP contribution in [0.2, 0.25) is 0 Å². The van der Waals surface area contributed by atoms with Crippen molar-refractivity contribution in [2.45, 2.75) is 32.1 Å². The number of carbonyl (C=O) groups is 1. The average Bonchev–Trinajstić information content (AvgIpc) is 3.22. The molecule has 0 radical (unpaired) electrons. The quantitative estimate of drug-likeness (QED) is 0.524. The number of fused-ring (bicyclic) bond motifs is 1. The van der Waals surface area contributed by atoms with Crippen LogP contribution in [0.4, 0.5) is 5.13 Å². The molecule has 3 aromatic rings. The molecule has 6 heteroatoms. The molecule has 25 heavy (non-hydrogen) atoms. The second-order valence-corrected chi connectivity index (χ2v) is 9.73. The molecule has 0 N–H and O–H groups in total. The highest BCUT2D eigenvalue weighted by molar-refractivity contribution is 7.98. The summed E-state index contributed by atoms with van der Waals surface area (Å²) in [6, 6.07) is 10.4. The van der Waals surface area contributed by atoms with Gasteiger partial charge < -0.3 is 0 Å². The van der Waals surface area contributed by atoms with E-state index in [4.69, 9.17) is 4.98 Å². The van der Waals surface area contributed by atoms with Gasteiger partial charge in [-0.25, -0.2) is 4.98 Å². The van der Waals surface area contributed by atoms with E-state index in [0.29, 0.717) is 6.54 Å². The third kappa shape index (κ3) is 4.07. The second-order valence-electron chi connectivity index (χ2n) is 6.84. The van der Waals surface area contributed by atoms with Gasteiger partial charge in [-0.1, -0.05) is 44.2 Å². The highest BCUT2D eigenvalue weighted by Gasteiger charge is 2.30. The first-order valence-electron chi connectivity index (χ1n) is 8.18. The maximum Gasteiger partial charge on any atom is 0.234 e. The normalized spacial score (nSPS) is 11.8. The van der Waals surface area contributed by atoms with Gasteiger partial charge >= 0.3 is 0 Å². The molecule has 3 rings (SSSR count). The fourth-order valence-corrected chi connectivity index (χ4v) is 4.90. The van der Waals surface area contributed by atoms with E-state index in [1.54, 1.807) is 34.4 Å². The van der Waals surface area contributed by atoms with Crippen LogP contribution in [0, 0.1) is 5.41 Å². The lowest BCUT2D eigenvalue weighted by molar-refractivity contribution is -0.125. The maximum absolute atomic E-state index is 13.0. The first-order chi connectivity index (χ1) is 11.9. The molecule has 132 valence electrons. The third-order valence-corrected chi connectivity index (χ3v) is 6.62. The topological polar surface area (TPSA) is 33.2 Å². The summed E-state index contributed by atoms with van der Waals surface area (Å²) in [5.74, 6) is 0.119. The highest BCUT2D eigenvalue weighted by Crippen LogP contribution is 2.35. The Morgan fingerprint density at radius 2 is 2.04 bits per heavy atom. The number of hydrogen-bond donors (Lipinski definition) is 0. The summed E-state index contributed by atoms with van der Waals surface area (Å²) in [6.45, 7) is 6.56. The van der Waals surface area contributed by atoms with Gasteiger partial charge in [0.2, 0.25) is 5.91 Å². The maximum atomic E-state index is 13.0. The number of benzene rings is 1. The van der Waals surface area contributed by atoms with Gasteiger partial charge in [0.1, 0.15) is 0 Å². The number of hydrogen-bond acceptors (Lipinski definition) is 5. The van der Waals surface area contributed by atoms with Crippen LogP contribution in [0.1, 0.15) is 25.6 Å². The van der Waals surface area contributed by atoms with Gasteiger partial charge in [-0.3, -0.25) is 9.69 Å². The Morgan fingerprint density at radius 1 is 1.24 bits per heavy atom. The van der Waals surface area contributed by atoms with Gasteiger partial charge in [0.05, 0.1) is 10.2 Å². The van der Waals surface area contributed by atoms with E-state index >= 15 is 0 Å². The smallest absolute Gasteiger partial charge is 0.234 e. The van der Waals surface area contributed by atoms with Crippen molar-refractivity contribution in [3.8, 4) is 0 Å². The number of para-hydroxylation sites is 1.